The van der Waals surface area contributed by atoms with Crippen molar-refractivity contribution in [2.75, 3.05) is 5.32 Å². The van der Waals surface area contributed by atoms with E-state index in [0.29, 0.717) is 11.4 Å². The van der Waals surface area contributed by atoms with Gasteiger partial charge in [-0.3, -0.25) is 4.79 Å². The molecule has 1 aliphatic carbocycles. The molecule has 4 rings (SSSR count). The van der Waals surface area contributed by atoms with Gasteiger partial charge >= 0.3 is 0 Å². The van der Waals surface area contributed by atoms with Crippen LogP contribution >= 0.6 is 0 Å². The number of hydrogen-bond acceptors (Lipinski definition) is 4. The van der Waals surface area contributed by atoms with Gasteiger partial charge < -0.3 is 5.32 Å². The topological polar surface area (TPSA) is 83.6 Å². The molecule has 6 heteroatoms. The van der Waals surface area contributed by atoms with Gasteiger partial charge in [0.05, 0.1) is 0 Å². The molecule has 2 aromatic carbocycles. The summed E-state index contributed by atoms with van der Waals surface area (Å²) in [4.78, 5) is 12.5. The van der Waals surface area contributed by atoms with Gasteiger partial charge in [-0.05, 0) is 78.4 Å². The minimum atomic E-state index is -0.0873. The van der Waals surface area contributed by atoms with Gasteiger partial charge in [0.1, 0.15) is 0 Å². The summed E-state index contributed by atoms with van der Waals surface area (Å²) >= 11 is 0. The molecule has 24 heavy (non-hydrogen) atoms. The minimum Gasteiger partial charge on any atom is -0.322 e. The Kier molecular flexibility index (Phi) is 3.78. The van der Waals surface area contributed by atoms with Crippen molar-refractivity contribution in [2.45, 2.75) is 25.7 Å². The first-order valence-electron chi connectivity index (χ1n) is 8.07. The van der Waals surface area contributed by atoms with Gasteiger partial charge in [-0.15, -0.1) is 10.2 Å². The van der Waals surface area contributed by atoms with E-state index in [-0.39, 0.29) is 5.91 Å². The van der Waals surface area contributed by atoms with Gasteiger partial charge in [-0.2, -0.15) is 5.21 Å². The molecule has 2 N–H and O–H groups in total. The number of fused-ring (bicyclic) bond motifs is 1. The second-order valence-electron chi connectivity index (χ2n) is 5.96. The number of benzene rings is 2. The fourth-order valence-electron chi connectivity index (χ4n) is 3.06. The summed E-state index contributed by atoms with van der Waals surface area (Å²) < 4.78 is 0. The van der Waals surface area contributed by atoms with Crippen LogP contribution in [-0.2, 0) is 12.8 Å². The van der Waals surface area contributed by atoms with Crippen molar-refractivity contribution in [2.24, 2.45) is 0 Å². The molecule has 1 aromatic heterocycles. The quantitative estimate of drug-likeness (QED) is 0.777. The number of aromatic amines is 1. The number of rotatable bonds is 3. The molecule has 0 unspecified atom stereocenters. The van der Waals surface area contributed by atoms with Crippen molar-refractivity contribution < 1.29 is 4.79 Å². The number of nitrogens with zero attached hydrogens (tertiary/aromatic N) is 3. The number of carbonyl (C=O) groups is 1. The third-order valence-corrected chi connectivity index (χ3v) is 4.36. The van der Waals surface area contributed by atoms with Crippen molar-refractivity contribution >= 4 is 11.6 Å². The first kappa shape index (κ1) is 14.6. The Balaban J connectivity index is 1.49. The molecule has 1 heterocycles. The minimum absolute atomic E-state index is 0.0873. The molecule has 6 nitrogen and oxygen atoms in total. The van der Waals surface area contributed by atoms with Crippen LogP contribution in [0.25, 0.3) is 11.4 Å². The smallest absolute Gasteiger partial charge is 0.255 e. The van der Waals surface area contributed by atoms with E-state index in [1.54, 1.807) is 0 Å². The predicted octanol–water partition coefficient (Wildman–Crippen LogP) is 3.00. The Morgan fingerprint density at radius 2 is 1.79 bits per heavy atom. The molecule has 0 radical (unpaired) electrons. The van der Waals surface area contributed by atoms with Gasteiger partial charge in [0, 0.05) is 16.8 Å². The average molecular weight is 319 g/mol. The number of aryl methyl sites for hydroxylation is 2. The van der Waals surface area contributed by atoms with Crippen LogP contribution in [0.2, 0.25) is 0 Å². The van der Waals surface area contributed by atoms with Crippen LogP contribution in [0.5, 0.6) is 0 Å². The Morgan fingerprint density at radius 1 is 1.00 bits per heavy atom. The summed E-state index contributed by atoms with van der Waals surface area (Å²) in [5.74, 6) is 0.443. The first-order chi connectivity index (χ1) is 11.8. The number of aromatic nitrogens is 4. The van der Waals surface area contributed by atoms with E-state index < -0.39 is 0 Å². The molecule has 1 amide bonds. The predicted molar refractivity (Wildman–Crippen MR) is 90.7 cm³/mol. The highest BCUT2D eigenvalue weighted by Crippen LogP contribution is 2.23. The zero-order valence-corrected chi connectivity index (χ0v) is 13.1. The maximum absolute atomic E-state index is 12.5. The normalized spacial score (nSPS) is 13.3. The van der Waals surface area contributed by atoms with Crippen molar-refractivity contribution in [3.63, 3.8) is 0 Å². The summed E-state index contributed by atoms with van der Waals surface area (Å²) in [6.45, 7) is 0. The number of nitrogens with one attached hydrogen (secondary N) is 2. The van der Waals surface area contributed by atoms with Gasteiger partial charge in [0.25, 0.3) is 5.91 Å². The van der Waals surface area contributed by atoms with Gasteiger partial charge in [0.15, 0.2) is 0 Å². The van der Waals surface area contributed by atoms with Crippen molar-refractivity contribution in [3.8, 4) is 11.4 Å². The molecule has 0 bridgehead atoms. The number of hydrogen-bond donors (Lipinski definition) is 2. The van der Waals surface area contributed by atoms with Crippen molar-refractivity contribution in [3.05, 3.63) is 59.2 Å². The Bertz CT molecular complexity index is 856. The SMILES string of the molecule is O=C(Nc1ccc(-c2nn[nH]n2)cc1)c1ccc2c(c1)CCCC2. The van der Waals surface area contributed by atoms with Crippen LogP contribution in [0.4, 0.5) is 5.69 Å². The second-order valence-corrected chi connectivity index (χ2v) is 5.96. The highest BCUT2D eigenvalue weighted by atomic mass is 16.1. The van der Waals surface area contributed by atoms with E-state index in [4.69, 9.17) is 0 Å². The van der Waals surface area contributed by atoms with E-state index in [9.17, 15) is 4.79 Å². The lowest BCUT2D eigenvalue weighted by molar-refractivity contribution is 0.102. The third-order valence-electron chi connectivity index (χ3n) is 4.36. The molecular formula is C18H17N5O. The summed E-state index contributed by atoms with van der Waals surface area (Å²) in [6.07, 6.45) is 4.63. The van der Waals surface area contributed by atoms with Crippen LogP contribution in [0.3, 0.4) is 0 Å². The van der Waals surface area contributed by atoms with E-state index >= 15 is 0 Å². The van der Waals surface area contributed by atoms with E-state index in [1.807, 2.05) is 36.4 Å². The van der Waals surface area contributed by atoms with Crippen LogP contribution in [-0.4, -0.2) is 26.5 Å². The zero-order chi connectivity index (χ0) is 16.4. The zero-order valence-electron chi connectivity index (χ0n) is 13.1. The number of tetrazole rings is 1. The van der Waals surface area contributed by atoms with Crippen LogP contribution in [0.1, 0.15) is 34.3 Å². The highest BCUT2D eigenvalue weighted by Gasteiger charge is 2.13. The lowest BCUT2D eigenvalue weighted by Gasteiger charge is -2.16. The largest absolute Gasteiger partial charge is 0.322 e. The maximum atomic E-state index is 12.5. The second kappa shape index (κ2) is 6.23. The van der Waals surface area contributed by atoms with Gasteiger partial charge in [-0.25, -0.2) is 0 Å². The Morgan fingerprint density at radius 3 is 2.54 bits per heavy atom. The Hall–Kier alpha value is -3.02. The number of H-pyrrole nitrogens is 1. The van der Waals surface area contributed by atoms with Crippen LogP contribution < -0.4 is 5.32 Å². The number of carbonyl (C=O) groups excluding carboxylic acids is 1. The van der Waals surface area contributed by atoms with Gasteiger partial charge in [0.2, 0.25) is 5.82 Å². The standard InChI is InChI=1S/C18H17N5O/c24-18(15-6-5-12-3-1-2-4-14(12)11-15)19-16-9-7-13(8-10-16)17-20-22-23-21-17/h5-11H,1-4H2,(H,19,24)(H,20,21,22,23). The molecule has 0 saturated heterocycles. The number of amides is 1. The van der Waals surface area contributed by atoms with E-state index in [1.165, 1.54) is 24.0 Å². The van der Waals surface area contributed by atoms with Gasteiger partial charge in [-0.1, -0.05) is 6.07 Å². The molecule has 0 atom stereocenters. The molecule has 0 spiro atoms. The first-order valence-corrected chi connectivity index (χ1v) is 8.07. The molecular weight excluding hydrogens is 302 g/mol. The molecule has 3 aromatic rings. The Labute approximate surface area is 139 Å². The molecule has 1 aliphatic rings. The summed E-state index contributed by atoms with van der Waals surface area (Å²) in [5.41, 5.74) is 4.97. The third kappa shape index (κ3) is 2.90. The lowest BCUT2D eigenvalue weighted by atomic mass is 9.90. The van der Waals surface area contributed by atoms with Crippen molar-refractivity contribution in [1.29, 1.82) is 0 Å². The maximum Gasteiger partial charge on any atom is 0.255 e. The molecule has 0 fully saturated rings. The average Bonchev–Trinajstić information content (AvgIpc) is 3.16. The lowest BCUT2D eigenvalue weighted by Crippen LogP contribution is -2.13. The van der Waals surface area contributed by atoms with Crippen molar-refractivity contribution in [1.82, 2.24) is 20.6 Å². The van der Waals surface area contributed by atoms with E-state index in [2.05, 4.69) is 32.0 Å². The summed E-state index contributed by atoms with van der Waals surface area (Å²) in [5, 5.41) is 16.8. The molecule has 0 saturated carbocycles. The summed E-state index contributed by atoms with van der Waals surface area (Å²) in [6, 6.07) is 13.4. The monoisotopic (exact) mass is 319 g/mol. The fraction of sp³-hybridized carbons (Fsp3) is 0.222. The molecule has 0 aliphatic heterocycles. The summed E-state index contributed by atoms with van der Waals surface area (Å²) in [7, 11) is 0. The fourth-order valence-corrected chi connectivity index (χ4v) is 3.06. The van der Waals surface area contributed by atoms with Crippen LogP contribution in [0.15, 0.2) is 42.5 Å². The van der Waals surface area contributed by atoms with E-state index in [0.717, 1.165) is 24.1 Å². The molecule has 120 valence electrons. The highest BCUT2D eigenvalue weighted by molar-refractivity contribution is 6.04. The number of anilines is 1. The van der Waals surface area contributed by atoms with Crippen LogP contribution in [0, 0.1) is 0 Å².